The lowest BCUT2D eigenvalue weighted by molar-refractivity contribution is 0.229. The summed E-state index contributed by atoms with van der Waals surface area (Å²) in [4.78, 5) is 4.40. The summed E-state index contributed by atoms with van der Waals surface area (Å²) < 4.78 is 5.98. The van der Waals surface area contributed by atoms with Gasteiger partial charge in [-0.3, -0.25) is 4.98 Å². The van der Waals surface area contributed by atoms with Gasteiger partial charge in [-0.05, 0) is 37.9 Å². The summed E-state index contributed by atoms with van der Waals surface area (Å²) in [7, 11) is 0. The van der Waals surface area contributed by atoms with E-state index in [1.807, 2.05) is 24.4 Å². The number of nitrogens with two attached hydrogens (primary N) is 1. The molecule has 1 saturated carbocycles. The fourth-order valence-corrected chi connectivity index (χ4v) is 2.37. The maximum atomic E-state index is 5.98. The minimum Gasteiger partial charge on any atom is -0.491 e. The number of benzene rings is 1. The maximum absolute atomic E-state index is 5.98. The Kier molecular flexibility index (Phi) is 2.92. The van der Waals surface area contributed by atoms with E-state index in [-0.39, 0.29) is 0 Å². The Bertz CT molecular complexity index is 544. The molecule has 0 aliphatic heterocycles. The van der Waals surface area contributed by atoms with Gasteiger partial charge in [0.25, 0.3) is 0 Å². The Morgan fingerprint density at radius 3 is 2.83 bits per heavy atom. The van der Waals surface area contributed by atoms with Gasteiger partial charge in [-0.15, -0.1) is 0 Å². The van der Waals surface area contributed by atoms with Crippen LogP contribution in [0.1, 0.15) is 19.3 Å². The van der Waals surface area contributed by atoms with E-state index in [4.69, 9.17) is 10.5 Å². The Morgan fingerprint density at radius 2 is 2.06 bits per heavy atom. The van der Waals surface area contributed by atoms with E-state index in [1.165, 1.54) is 12.8 Å². The molecule has 3 heteroatoms. The van der Waals surface area contributed by atoms with Crippen LogP contribution in [0.4, 0.5) is 0 Å². The molecule has 18 heavy (non-hydrogen) atoms. The van der Waals surface area contributed by atoms with E-state index in [0.29, 0.717) is 5.41 Å². The number of hydrogen-bond donors (Lipinski definition) is 1. The molecule has 1 heterocycles. The highest BCUT2D eigenvalue weighted by Gasteiger charge is 2.42. The first-order valence-corrected chi connectivity index (χ1v) is 6.50. The molecule has 0 bridgehead atoms. The number of nitrogens with zero attached hydrogens (tertiary/aromatic N) is 1. The van der Waals surface area contributed by atoms with Gasteiger partial charge in [0, 0.05) is 17.0 Å². The van der Waals surface area contributed by atoms with Gasteiger partial charge >= 0.3 is 0 Å². The molecule has 0 amide bonds. The zero-order valence-corrected chi connectivity index (χ0v) is 10.4. The number of pyridine rings is 1. The van der Waals surface area contributed by atoms with E-state index in [0.717, 1.165) is 36.2 Å². The number of ether oxygens (including phenoxy) is 1. The molecule has 1 aromatic carbocycles. The van der Waals surface area contributed by atoms with Gasteiger partial charge in [-0.1, -0.05) is 18.2 Å². The largest absolute Gasteiger partial charge is 0.491 e. The number of para-hydroxylation sites is 1. The zero-order chi connectivity index (χ0) is 12.4. The second-order valence-corrected chi connectivity index (χ2v) is 5.16. The quantitative estimate of drug-likeness (QED) is 0.877. The van der Waals surface area contributed by atoms with Gasteiger partial charge in [-0.2, -0.15) is 0 Å². The molecule has 0 unspecified atom stereocenters. The summed E-state index contributed by atoms with van der Waals surface area (Å²) in [5, 5.41) is 1.12. The third-order valence-corrected chi connectivity index (χ3v) is 3.76. The van der Waals surface area contributed by atoms with E-state index in [9.17, 15) is 0 Å². The van der Waals surface area contributed by atoms with Gasteiger partial charge in [0.1, 0.15) is 11.3 Å². The zero-order valence-electron chi connectivity index (χ0n) is 10.4. The van der Waals surface area contributed by atoms with E-state index in [1.54, 1.807) is 0 Å². The van der Waals surface area contributed by atoms with Gasteiger partial charge in [0.15, 0.2) is 0 Å². The van der Waals surface area contributed by atoms with E-state index < -0.39 is 0 Å². The normalized spacial score (nSPS) is 16.7. The van der Waals surface area contributed by atoms with Crippen LogP contribution in [0.15, 0.2) is 36.5 Å². The second kappa shape index (κ2) is 4.58. The predicted octanol–water partition coefficient (Wildman–Crippen LogP) is 2.74. The van der Waals surface area contributed by atoms with Crippen molar-refractivity contribution >= 4 is 10.9 Å². The topological polar surface area (TPSA) is 48.1 Å². The molecule has 1 aliphatic rings. The summed E-state index contributed by atoms with van der Waals surface area (Å²) in [6.45, 7) is 1.51. The van der Waals surface area contributed by atoms with Crippen LogP contribution >= 0.6 is 0 Å². The van der Waals surface area contributed by atoms with Crippen molar-refractivity contribution in [3.8, 4) is 5.75 Å². The second-order valence-electron chi connectivity index (χ2n) is 5.16. The van der Waals surface area contributed by atoms with Crippen LogP contribution in [0.25, 0.3) is 10.9 Å². The summed E-state index contributed by atoms with van der Waals surface area (Å²) in [5.74, 6) is 0.886. The van der Waals surface area contributed by atoms with Crippen molar-refractivity contribution < 1.29 is 4.74 Å². The third-order valence-electron chi connectivity index (χ3n) is 3.76. The van der Waals surface area contributed by atoms with Crippen molar-refractivity contribution in [2.24, 2.45) is 11.1 Å². The molecule has 2 aromatic rings. The Balaban J connectivity index is 1.79. The Morgan fingerprint density at radius 1 is 1.22 bits per heavy atom. The standard InChI is InChI=1S/C15H18N2O/c16-9-8-15(6-7-15)11-18-13-5-1-3-12-4-2-10-17-14(12)13/h1-5,10H,6-9,11,16H2. The van der Waals surface area contributed by atoms with Gasteiger partial charge < -0.3 is 10.5 Å². The van der Waals surface area contributed by atoms with E-state index >= 15 is 0 Å². The van der Waals surface area contributed by atoms with Crippen LogP contribution in [-0.2, 0) is 0 Å². The lowest BCUT2D eigenvalue weighted by atomic mass is 10.0. The number of aromatic nitrogens is 1. The summed E-state index contributed by atoms with van der Waals surface area (Å²) in [5.41, 5.74) is 6.93. The van der Waals surface area contributed by atoms with Crippen molar-refractivity contribution in [1.82, 2.24) is 4.98 Å². The summed E-state index contributed by atoms with van der Waals surface area (Å²) in [6, 6.07) is 10.1. The number of rotatable bonds is 5. The summed E-state index contributed by atoms with van der Waals surface area (Å²) in [6.07, 6.45) is 5.35. The molecule has 94 valence electrons. The molecular formula is C15H18N2O. The molecule has 0 saturated heterocycles. The monoisotopic (exact) mass is 242 g/mol. The van der Waals surface area contributed by atoms with Crippen molar-refractivity contribution in [3.63, 3.8) is 0 Å². The Labute approximate surface area is 107 Å². The lowest BCUT2D eigenvalue weighted by Crippen LogP contribution is -2.17. The van der Waals surface area contributed by atoms with Crippen LogP contribution in [0.2, 0.25) is 0 Å². The van der Waals surface area contributed by atoms with E-state index in [2.05, 4.69) is 17.1 Å². The number of hydrogen-bond acceptors (Lipinski definition) is 3. The molecule has 2 N–H and O–H groups in total. The highest BCUT2D eigenvalue weighted by Crippen LogP contribution is 2.48. The molecule has 3 rings (SSSR count). The minimum absolute atomic E-state index is 0.339. The fraction of sp³-hybridized carbons (Fsp3) is 0.400. The van der Waals surface area contributed by atoms with Crippen molar-refractivity contribution in [2.75, 3.05) is 13.2 Å². The molecule has 0 radical (unpaired) electrons. The van der Waals surface area contributed by atoms with Gasteiger partial charge in [0.2, 0.25) is 0 Å². The predicted molar refractivity (Wildman–Crippen MR) is 72.6 cm³/mol. The van der Waals surface area contributed by atoms with Crippen molar-refractivity contribution in [3.05, 3.63) is 36.5 Å². The molecular weight excluding hydrogens is 224 g/mol. The number of fused-ring (bicyclic) bond motifs is 1. The highest BCUT2D eigenvalue weighted by molar-refractivity contribution is 5.84. The van der Waals surface area contributed by atoms with Crippen LogP contribution in [0.3, 0.4) is 0 Å². The first-order valence-electron chi connectivity index (χ1n) is 6.50. The molecule has 1 fully saturated rings. The van der Waals surface area contributed by atoms with Crippen LogP contribution in [0, 0.1) is 5.41 Å². The average Bonchev–Trinajstić information content (AvgIpc) is 3.17. The first kappa shape index (κ1) is 11.5. The fourth-order valence-electron chi connectivity index (χ4n) is 2.37. The highest BCUT2D eigenvalue weighted by atomic mass is 16.5. The van der Waals surface area contributed by atoms with Crippen LogP contribution < -0.4 is 10.5 Å². The maximum Gasteiger partial charge on any atom is 0.145 e. The molecule has 1 aromatic heterocycles. The smallest absolute Gasteiger partial charge is 0.145 e. The molecule has 1 aliphatic carbocycles. The van der Waals surface area contributed by atoms with Gasteiger partial charge in [-0.25, -0.2) is 0 Å². The first-order chi connectivity index (χ1) is 8.83. The van der Waals surface area contributed by atoms with Crippen molar-refractivity contribution in [2.45, 2.75) is 19.3 Å². The summed E-state index contributed by atoms with van der Waals surface area (Å²) >= 11 is 0. The third kappa shape index (κ3) is 2.18. The van der Waals surface area contributed by atoms with Crippen LogP contribution in [0.5, 0.6) is 5.75 Å². The van der Waals surface area contributed by atoms with Crippen LogP contribution in [-0.4, -0.2) is 18.1 Å². The minimum atomic E-state index is 0.339. The van der Waals surface area contributed by atoms with Crippen molar-refractivity contribution in [1.29, 1.82) is 0 Å². The molecule has 0 spiro atoms. The average molecular weight is 242 g/mol. The SMILES string of the molecule is NCCC1(COc2cccc3cccnc23)CC1. The lowest BCUT2D eigenvalue weighted by Gasteiger charge is -2.15. The Hall–Kier alpha value is -1.61. The molecule has 0 atom stereocenters. The molecule has 3 nitrogen and oxygen atoms in total. The van der Waals surface area contributed by atoms with Gasteiger partial charge in [0.05, 0.1) is 6.61 Å².